The summed E-state index contributed by atoms with van der Waals surface area (Å²) in [7, 11) is -3.23. The Hall–Kier alpha value is -0.300. The lowest BCUT2D eigenvalue weighted by molar-refractivity contribution is -0.183. The minimum atomic E-state index is -4.15. The molecule has 1 rings (SSSR count). The van der Waals surface area contributed by atoms with Crippen molar-refractivity contribution in [3.05, 3.63) is 0 Å². The zero-order valence-electron chi connectivity index (χ0n) is 11.5. The average molecular weight is 301 g/mol. The number of nitrogens with one attached hydrogen (secondary N) is 1. The van der Waals surface area contributed by atoms with Gasteiger partial charge in [0.2, 0.25) is 0 Å². The van der Waals surface area contributed by atoms with E-state index in [0.29, 0.717) is 12.8 Å². The fourth-order valence-electron chi connectivity index (χ4n) is 2.19. The van der Waals surface area contributed by atoms with Crippen molar-refractivity contribution in [3.63, 3.8) is 0 Å². The molecule has 1 aliphatic carbocycles. The highest BCUT2D eigenvalue weighted by molar-refractivity contribution is 7.92. The molecule has 0 bridgehead atoms. The fourth-order valence-corrected chi connectivity index (χ4v) is 2.54. The smallest absolute Gasteiger partial charge is 0.312 e. The van der Waals surface area contributed by atoms with Crippen LogP contribution >= 0.6 is 0 Å². The SMILES string of the molecule is CC(C)(CNC1CCCC(C(F)(F)F)C1)S(C)(=O)=O. The van der Waals surface area contributed by atoms with Crippen molar-refractivity contribution < 1.29 is 21.6 Å². The van der Waals surface area contributed by atoms with Gasteiger partial charge in [0.1, 0.15) is 0 Å². The van der Waals surface area contributed by atoms with Gasteiger partial charge in [-0.15, -0.1) is 0 Å². The Bertz CT molecular complexity index is 404. The zero-order valence-corrected chi connectivity index (χ0v) is 12.4. The molecular weight excluding hydrogens is 279 g/mol. The van der Waals surface area contributed by atoms with Crippen molar-refractivity contribution in [1.29, 1.82) is 0 Å². The molecule has 1 fully saturated rings. The van der Waals surface area contributed by atoms with Gasteiger partial charge in [0.05, 0.1) is 10.7 Å². The van der Waals surface area contributed by atoms with Gasteiger partial charge >= 0.3 is 6.18 Å². The lowest BCUT2D eigenvalue weighted by Crippen LogP contribution is -2.47. The van der Waals surface area contributed by atoms with Crippen LogP contribution in [0.15, 0.2) is 0 Å². The minimum absolute atomic E-state index is 0.0450. The number of hydrogen-bond donors (Lipinski definition) is 1. The van der Waals surface area contributed by atoms with Gasteiger partial charge in [-0.05, 0) is 33.1 Å². The third kappa shape index (κ3) is 4.63. The third-order valence-electron chi connectivity index (χ3n) is 3.96. The van der Waals surface area contributed by atoms with E-state index < -0.39 is 26.7 Å². The van der Waals surface area contributed by atoms with E-state index in [1.54, 1.807) is 13.8 Å². The largest absolute Gasteiger partial charge is 0.391 e. The Morgan fingerprint density at radius 1 is 1.21 bits per heavy atom. The van der Waals surface area contributed by atoms with E-state index in [9.17, 15) is 21.6 Å². The molecule has 0 radical (unpaired) electrons. The average Bonchev–Trinajstić information content (AvgIpc) is 2.24. The summed E-state index contributed by atoms with van der Waals surface area (Å²) >= 11 is 0. The molecule has 0 aromatic rings. The molecule has 0 heterocycles. The predicted molar refractivity (Wildman–Crippen MR) is 68.7 cm³/mol. The zero-order chi connectivity index (χ0) is 14.9. The van der Waals surface area contributed by atoms with Crippen LogP contribution in [0.25, 0.3) is 0 Å². The van der Waals surface area contributed by atoms with Crippen molar-refractivity contribution in [2.75, 3.05) is 12.8 Å². The second-order valence-corrected chi connectivity index (χ2v) is 8.66. The number of sulfone groups is 1. The van der Waals surface area contributed by atoms with Gasteiger partial charge in [-0.3, -0.25) is 0 Å². The molecule has 0 spiro atoms. The van der Waals surface area contributed by atoms with Gasteiger partial charge in [-0.25, -0.2) is 8.42 Å². The van der Waals surface area contributed by atoms with Crippen LogP contribution in [0, 0.1) is 5.92 Å². The lowest BCUT2D eigenvalue weighted by atomic mass is 9.85. The second kappa shape index (κ2) is 5.60. The molecule has 0 amide bonds. The standard InChI is InChI=1S/C12H22F3NO2S/c1-11(2,19(3,17)18)8-16-10-6-4-5-9(7-10)12(13,14)15/h9-10,16H,4-8H2,1-3H3. The molecule has 0 aromatic heterocycles. The Labute approximate surface area is 112 Å². The van der Waals surface area contributed by atoms with Crippen LogP contribution < -0.4 is 5.32 Å². The second-order valence-electron chi connectivity index (χ2n) is 6.01. The molecule has 2 unspecified atom stereocenters. The number of alkyl halides is 3. The van der Waals surface area contributed by atoms with E-state index in [1.165, 1.54) is 0 Å². The van der Waals surface area contributed by atoms with Crippen molar-refractivity contribution in [3.8, 4) is 0 Å². The molecular formula is C12H22F3NO2S. The summed E-state index contributed by atoms with van der Waals surface area (Å²) in [6, 6.07) is -0.249. The highest BCUT2D eigenvalue weighted by atomic mass is 32.2. The van der Waals surface area contributed by atoms with Gasteiger partial charge in [-0.2, -0.15) is 13.2 Å². The van der Waals surface area contributed by atoms with E-state index in [1.807, 2.05) is 0 Å². The molecule has 2 atom stereocenters. The van der Waals surface area contributed by atoms with Crippen LogP contribution in [-0.4, -0.2) is 38.2 Å². The van der Waals surface area contributed by atoms with E-state index in [-0.39, 0.29) is 25.4 Å². The van der Waals surface area contributed by atoms with Crippen LogP contribution in [0.1, 0.15) is 39.5 Å². The topological polar surface area (TPSA) is 46.2 Å². The van der Waals surface area contributed by atoms with Gasteiger partial charge in [-0.1, -0.05) is 6.42 Å². The summed E-state index contributed by atoms with van der Waals surface area (Å²) in [6.07, 6.45) is -1.57. The molecule has 0 aromatic carbocycles. The van der Waals surface area contributed by atoms with Crippen LogP contribution in [0.3, 0.4) is 0 Å². The van der Waals surface area contributed by atoms with Crippen LogP contribution in [0.4, 0.5) is 13.2 Å². The quantitative estimate of drug-likeness (QED) is 0.868. The first-order valence-corrected chi connectivity index (χ1v) is 8.32. The maximum Gasteiger partial charge on any atom is 0.391 e. The first kappa shape index (κ1) is 16.8. The first-order valence-electron chi connectivity index (χ1n) is 6.43. The minimum Gasteiger partial charge on any atom is -0.312 e. The fraction of sp³-hybridized carbons (Fsp3) is 1.00. The third-order valence-corrected chi connectivity index (χ3v) is 6.11. The Morgan fingerprint density at radius 2 is 1.79 bits per heavy atom. The summed E-state index contributed by atoms with van der Waals surface area (Å²) in [6.45, 7) is 3.35. The van der Waals surface area contributed by atoms with Crippen LogP contribution in [0.2, 0.25) is 0 Å². The van der Waals surface area contributed by atoms with Crippen molar-refractivity contribution in [2.45, 2.75) is 56.5 Å². The number of hydrogen-bond acceptors (Lipinski definition) is 3. The van der Waals surface area contributed by atoms with E-state index in [2.05, 4.69) is 5.32 Å². The van der Waals surface area contributed by atoms with Crippen LogP contribution in [0.5, 0.6) is 0 Å². The van der Waals surface area contributed by atoms with E-state index in [0.717, 1.165) is 6.26 Å². The molecule has 1 aliphatic rings. The Morgan fingerprint density at radius 3 is 2.26 bits per heavy atom. The normalized spacial score (nSPS) is 26.4. The number of halogens is 3. The monoisotopic (exact) mass is 301 g/mol. The van der Waals surface area contributed by atoms with Crippen molar-refractivity contribution in [1.82, 2.24) is 5.32 Å². The van der Waals surface area contributed by atoms with Gasteiger partial charge in [0.25, 0.3) is 0 Å². The van der Waals surface area contributed by atoms with E-state index >= 15 is 0 Å². The summed E-state index contributed by atoms with van der Waals surface area (Å²) in [5.41, 5.74) is 0. The molecule has 3 nitrogen and oxygen atoms in total. The molecule has 0 saturated heterocycles. The maximum absolute atomic E-state index is 12.7. The summed E-state index contributed by atoms with van der Waals surface area (Å²) in [5, 5.41) is 2.99. The molecule has 7 heteroatoms. The first-order chi connectivity index (χ1) is 8.43. The molecule has 1 N–H and O–H groups in total. The van der Waals surface area contributed by atoms with Gasteiger partial charge < -0.3 is 5.32 Å². The Balaban J connectivity index is 2.55. The molecule has 0 aliphatic heterocycles. The van der Waals surface area contributed by atoms with Gasteiger partial charge in [0, 0.05) is 18.8 Å². The van der Waals surface area contributed by atoms with E-state index in [4.69, 9.17) is 0 Å². The summed E-state index contributed by atoms with van der Waals surface area (Å²) in [5.74, 6) is -1.26. The maximum atomic E-state index is 12.7. The lowest BCUT2D eigenvalue weighted by Gasteiger charge is -2.33. The Kier molecular flexibility index (Phi) is 4.93. The van der Waals surface area contributed by atoms with Crippen molar-refractivity contribution >= 4 is 9.84 Å². The number of rotatable bonds is 4. The van der Waals surface area contributed by atoms with Crippen molar-refractivity contribution in [2.24, 2.45) is 5.92 Å². The molecule has 19 heavy (non-hydrogen) atoms. The molecule has 114 valence electrons. The highest BCUT2D eigenvalue weighted by Crippen LogP contribution is 2.37. The molecule has 1 saturated carbocycles. The summed E-state index contributed by atoms with van der Waals surface area (Å²) < 4.78 is 60.1. The highest BCUT2D eigenvalue weighted by Gasteiger charge is 2.42. The predicted octanol–water partition coefficient (Wildman–Crippen LogP) is 2.52. The van der Waals surface area contributed by atoms with Gasteiger partial charge in [0.15, 0.2) is 9.84 Å². The van der Waals surface area contributed by atoms with Crippen LogP contribution in [-0.2, 0) is 9.84 Å². The summed E-state index contributed by atoms with van der Waals surface area (Å²) in [4.78, 5) is 0.